The maximum atomic E-state index is 12.4. The lowest BCUT2D eigenvalue weighted by molar-refractivity contribution is -0.116. The highest BCUT2D eigenvalue weighted by atomic mass is 16.1. The molecule has 0 saturated heterocycles. The third kappa shape index (κ3) is 3.36. The molecular weight excluding hydrogens is 308 g/mol. The molecule has 1 amide bonds. The van der Waals surface area contributed by atoms with Crippen LogP contribution in [0.2, 0.25) is 0 Å². The van der Waals surface area contributed by atoms with Crippen LogP contribution in [0.15, 0.2) is 18.2 Å². The van der Waals surface area contributed by atoms with Gasteiger partial charge in [-0.15, -0.1) is 0 Å². The molecule has 0 aromatic heterocycles. The quantitative estimate of drug-likeness (QED) is 0.832. The van der Waals surface area contributed by atoms with Gasteiger partial charge in [-0.2, -0.15) is 0 Å². The fraction of sp³-hybridized carbons (Fsp3) is 0.682. The summed E-state index contributed by atoms with van der Waals surface area (Å²) in [6.45, 7) is 6.90. The first-order valence-corrected chi connectivity index (χ1v) is 10.0. The van der Waals surface area contributed by atoms with E-state index >= 15 is 0 Å². The Bertz CT molecular complexity index is 631. The molecule has 4 aliphatic rings. The molecule has 4 saturated carbocycles. The number of carbonyl (C=O) groups excluding carboxylic acids is 1. The number of aryl methyl sites for hydroxylation is 2. The first-order valence-electron chi connectivity index (χ1n) is 10.0. The Hall–Kier alpha value is -1.35. The van der Waals surface area contributed by atoms with E-state index in [1.165, 1.54) is 49.7 Å². The summed E-state index contributed by atoms with van der Waals surface area (Å²) in [4.78, 5) is 12.4. The lowest BCUT2D eigenvalue weighted by Gasteiger charge is -2.59. The van der Waals surface area contributed by atoms with E-state index in [-0.39, 0.29) is 5.91 Å². The zero-order valence-electron chi connectivity index (χ0n) is 15.9. The molecule has 0 unspecified atom stereocenters. The lowest BCUT2D eigenvalue weighted by Crippen LogP contribution is -2.55. The van der Waals surface area contributed by atoms with E-state index in [1.807, 2.05) is 6.07 Å². The summed E-state index contributed by atoms with van der Waals surface area (Å²) >= 11 is 0. The molecule has 1 atom stereocenters. The maximum absolute atomic E-state index is 12.4. The van der Waals surface area contributed by atoms with Crippen molar-refractivity contribution in [3.63, 3.8) is 0 Å². The number of hydrogen-bond acceptors (Lipinski definition) is 2. The summed E-state index contributed by atoms with van der Waals surface area (Å²) < 4.78 is 0. The zero-order chi connectivity index (χ0) is 17.6. The average molecular weight is 341 g/mol. The first kappa shape index (κ1) is 17.1. The third-order valence-corrected chi connectivity index (χ3v) is 7.36. The molecule has 0 aliphatic heterocycles. The molecule has 0 radical (unpaired) electrons. The number of nitrogens with one attached hydrogen (secondary N) is 2. The van der Waals surface area contributed by atoms with Gasteiger partial charge in [-0.25, -0.2) is 0 Å². The summed E-state index contributed by atoms with van der Waals surface area (Å²) in [5.74, 6) is 2.94. The Morgan fingerprint density at radius 2 is 1.68 bits per heavy atom. The van der Waals surface area contributed by atoms with E-state index in [0.29, 0.717) is 18.0 Å². The van der Waals surface area contributed by atoms with Gasteiger partial charge in [-0.05, 0) is 106 Å². The summed E-state index contributed by atoms with van der Waals surface area (Å²) in [5, 5.41) is 6.61. The van der Waals surface area contributed by atoms with Crippen molar-refractivity contribution in [2.75, 3.05) is 11.9 Å². The van der Waals surface area contributed by atoms with Crippen LogP contribution in [-0.4, -0.2) is 18.5 Å². The largest absolute Gasteiger partial charge is 0.325 e. The predicted molar refractivity (Wildman–Crippen MR) is 103 cm³/mol. The van der Waals surface area contributed by atoms with Crippen LogP contribution in [0.25, 0.3) is 0 Å². The maximum Gasteiger partial charge on any atom is 0.238 e. The monoisotopic (exact) mass is 340 g/mol. The molecule has 1 aromatic carbocycles. The van der Waals surface area contributed by atoms with Gasteiger partial charge < -0.3 is 10.6 Å². The van der Waals surface area contributed by atoms with E-state index in [9.17, 15) is 4.79 Å². The number of hydrogen-bond donors (Lipinski definition) is 2. The highest BCUT2D eigenvalue weighted by Gasteiger charge is 2.52. The Kier molecular flexibility index (Phi) is 4.39. The fourth-order valence-corrected chi connectivity index (χ4v) is 6.19. The van der Waals surface area contributed by atoms with Crippen molar-refractivity contribution in [1.29, 1.82) is 0 Å². The number of benzene rings is 1. The molecule has 3 nitrogen and oxygen atoms in total. The molecule has 2 N–H and O–H groups in total. The highest BCUT2D eigenvalue weighted by molar-refractivity contribution is 5.92. The smallest absolute Gasteiger partial charge is 0.238 e. The van der Waals surface area contributed by atoms with Gasteiger partial charge in [0, 0.05) is 11.7 Å². The minimum absolute atomic E-state index is 0.0693. The number of carbonyl (C=O) groups is 1. The standard InChI is InChI=1S/C22H32N2O/c1-14-4-5-20(6-15(14)2)24-21(25)13-23-16(3)22-10-17-7-18(11-22)9-19(8-17)12-22/h4-6,16-19,23H,7-13H2,1-3H3,(H,24,25)/t16-,17?,18?,19?,22?/m1/s1. The van der Waals surface area contributed by atoms with Crippen LogP contribution in [-0.2, 0) is 4.79 Å². The van der Waals surface area contributed by atoms with Crippen molar-refractivity contribution in [2.24, 2.45) is 23.2 Å². The summed E-state index contributed by atoms with van der Waals surface area (Å²) in [5.41, 5.74) is 3.83. The summed E-state index contributed by atoms with van der Waals surface area (Å²) in [6, 6.07) is 6.54. The fourth-order valence-electron chi connectivity index (χ4n) is 6.19. The summed E-state index contributed by atoms with van der Waals surface area (Å²) in [7, 11) is 0. The lowest BCUT2D eigenvalue weighted by atomic mass is 9.48. The second kappa shape index (κ2) is 6.42. The molecule has 0 spiro atoms. The second-order valence-electron chi connectivity index (χ2n) is 9.23. The van der Waals surface area contributed by atoms with Crippen LogP contribution >= 0.6 is 0 Å². The van der Waals surface area contributed by atoms with E-state index in [4.69, 9.17) is 0 Å². The van der Waals surface area contributed by atoms with Gasteiger partial charge in [0.25, 0.3) is 0 Å². The van der Waals surface area contributed by atoms with Gasteiger partial charge in [0.05, 0.1) is 6.54 Å². The second-order valence-corrected chi connectivity index (χ2v) is 9.23. The van der Waals surface area contributed by atoms with Crippen LogP contribution in [0.5, 0.6) is 0 Å². The number of amides is 1. The average Bonchev–Trinajstić information content (AvgIpc) is 2.55. The van der Waals surface area contributed by atoms with Gasteiger partial charge in [-0.3, -0.25) is 4.79 Å². The van der Waals surface area contributed by atoms with Gasteiger partial charge >= 0.3 is 0 Å². The van der Waals surface area contributed by atoms with Crippen LogP contribution in [0, 0.1) is 37.0 Å². The normalized spacial score (nSPS) is 34.1. The molecule has 5 rings (SSSR count). The molecule has 25 heavy (non-hydrogen) atoms. The van der Waals surface area contributed by atoms with E-state index in [1.54, 1.807) is 0 Å². The number of anilines is 1. The van der Waals surface area contributed by atoms with Gasteiger partial charge in [0.15, 0.2) is 0 Å². The van der Waals surface area contributed by atoms with Crippen molar-refractivity contribution >= 4 is 11.6 Å². The van der Waals surface area contributed by atoms with E-state index < -0.39 is 0 Å². The molecule has 4 aliphatic carbocycles. The minimum atomic E-state index is 0.0693. The van der Waals surface area contributed by atoms with Crippen LogP contribution in [0.4, 0.5) is 5.69 Å². The number of rotatable bonds is 5. The molecule has 4 bridgehead atoms. The highest BCUT2D eigenvalue weighted by Crippen LogP contribution is 2.61. The predicted octanol–water partition coefficient (Wildman–Crippen LogP) is 4.44. The van der Waals surface area contributed by atoms with Crippen molar-refractivity contribution in [2.45, 2.75) is 65.3 Å². The van der Waals surface area contributed by atoms with Gasteiger partial charge in [-0.1, -0.05) is 6.07 Å². The molecule has 3 heteroatoms. The SMILES string of the molecule is Cc1ccc(NC(=O)CN[C@H](C)C23CC4CC(CC(C4)C2)C3)cc1C. The molecular formula is C22H32N2O. The molecule has 4 fully saturated rings. The molecule has 136 valence electrons. The van der Waals surface area contributed by atoms with Crippen molar-refractivity contribution in [3.8, 4) is 0 Å². The van der Waals surface area contributed by atoms with Crippen molar-refractivity contribution in [1.82, 2.24) is 5.32 Å². The van der Waals surface area contributed by atoms with Gasteiger partial charge in [0.1, 0.15) is 0 Å². The van der Waals surface area contributed by atoms with Crippen molar-refractivity contribution in [3.05, 3.63) is 29.3 Å². The Labute approximate surface area is 152 Å². The molecule has 0 heterocycles. The first-order chi connectivity index (χ1) is 11.9. The zero-order valence-corrected chi connectivity index (χ0v) is 15.9. The van der Waals surface area contributed by atoms with Crippen LogP contribution in [0.3, 0.4) is 0 Å². The Morgan fingerprint density at radius 1 is 1.08 bits per heavy atom. The topological polar surface area (TPSA) is 41.1 Å². The van der Waals surface area contributed by atoms with E-state index in [2.05, 4.69) is 43.5 Å². The van der Waals surface area contributed by atoms with E-state index in [0.717, 1.165) is 23.4 Å². The van der Waals surface area contributed by atoms with Crippen LogP contribution in [0.1, 0.15) is 56.6 Å². The van der Waals surface area contributed by atoms with Crippen LogP contribution < -0.4 is 10.6 Å². The van der Waals surface area contributed by atoms with Gasteiger partial charge in [0.2, 0.25) is 5.91 Å². The Morgan fingerprint density at radius 3 is 2.24 bits per heavy atom. The molecule has 1 aromatic rings. The third-order valence-electron chi connectivity index (χ3n) is 7.36. The summed E-state index contributed by atoms with van der Waals surface area (Å²) in [6.07, 6.45) is 8.56. The Balaban J connectivity index is 1.33. The van der Waals surface area contributed by atoms with Crippen molar-refractivity contribution < 1.29 is 4.79 Å². The minimum Gasteiger partial charge on any atom is -0.325 e.